The molecule has 0 amide bonds. The number of aromatic carboxylic acids is 1. The van der Waals surface area contributed by atoms with Crippen LogP contribution in [-0.4, -0.2) is 61.8 Å². The minimum atomic E-state index is -4.56. The number of carbonyl (C=O) groups is 1. The summed E-state index contributed by atoms with van der Waals surface area (Å²) in [5.41, 5.74) is -0.115. The van der Waals surface area contributed by atoms with Crippen LogP contribution in [0.4, 0.5) is 11.4 Å². The number of benzene rings is 4. The Hall–Kier alpha value is -2.56. The van der Waals surface area contributed by atoms with Crippen molar-refractivity contribution in [1.29, 1.82) is 0 Å². The molecule has 10 heteroatoms. The first kappa shape index (κ1) is 23.1. The minimum absolute atomic E-state index is 0. The summed E-state index contributed by atoms with van der Waals surface area (Å²) in [7, 11) is -4.56. The van der Waals surface area contributed by atoms with E-state index >= 15 is 0 Å². The van der Waals surface area contributed by atoms with Crippen molar-refractivity contribution in [3.63, 3.8) is 0 Å². The molecular weight excluding hydrogens is 448 g/mol. The largest absolute Gasteiger partial charge is 2.00 e. The van der Waals surface area contributed by atoms with Crippen LogP contribution in [0.2, 0.25) is 0 Å². The smallest absolute Gasteiger partial charge is 0.870 e. The monoisotopic (exact) mass is 460 g/mol. The average Bonchev–Trinajstić information content (AvgIpc) is 2.71. The SMILES string of the molecule is O=C(O)c1cc2ccccc2c(N=Nc2ccc3cc(S(=O)(=O)[O-])ccc3c2)c1[O-].[Ca+2]. The van der Waals surface area contributed by atoms with Gasteiger partial charge in [-0.2, -0.15) is 10.2 Å². The van der Waals surface area contributed by atoms with Gasteiger partial charge in [0.25, 0.3) is 0 Å². The third-order valence-corrected chi connectivity index (χ3v) is 5.39. The summed E-state index contributed by atoms with van der Waals surface area (Å²) in [6.45, 7) is 0. The Morgan fingerprint density at radius 2 is 1.55 bits per heavy atom. The van der Waals surface area contributed by atoms with Gasteiger partial charge in [-0.15, -0.1) is 0 Å². The van der Waals surface area contributed by atoms with Gasteiger partial charge >= 0.3 is 43.7 Å². The van der Waals surface area contributed by atoms with Gasteiger partial charge in [-0.1, -0.05) is 42.1 Å². The second kappa shape index (κ2) is 8.89. The minimum Gasteiger partial charge on any atom is -0.870 e. The Morgan fingerprint density at radius 1 is 0.871 bits per heavy atom. The molecule has 0 heterocycles. The molecule has 0 atom stereocenters. The summed E-state index contributed by atoms with van der Waals surface area (Å²) in [6.07, 6.45) is 0. The van der Waals surface area contributed by atoms with E-state index in [0.717, 1.165) is 0 Å². The molecule has 4 aromatic carbocycles. The van der Waals surface area contributed by atoms with Crippen molar-refractivity contribution in [2.45, 2.75) is 4.90 Å². The predicted octanol–water partition coefficient (Wildman–Crippen LogP) is 3.70. The maximum atomic E-state index is 12.6. The van der Waals surface area contributed by atoms with Crippen LogP contribution < -0.4 is 5.11 Å². The molecule has 1 N–H and O–H groups in total. The fourth-order valence-corrected chi connectivity index (χ4v) is 3.61. The molecule has 0 radical (unpaired) electrons. The van der Waals surface area contributed by atoms with Crippen LogP contribution in [-0.2, 0) is 10.1 Å². The van der Waals surface area contributed by atoms with Crippen LogP contribution in [0.1, 0.15) is 10.4 Å². The molecule has 0 fully saturated rings. The van der Waals surface area contributed by atoms with E-state index in [2.05, 4.69) is 10.2 Å². The zero-order valence-corrected chi connectivity index (χ0v) is 18.9. The summed E-state index contributed by atoms with van der Waals surface area (Å²) in [6, 6.07) is 16.7. The molecule has 0 spiro atoms. The quantitative estimate of drug-likeness (QED) is 0.279. The van der Waals surface area contributed by atoms with Gasteiger partial charge in [0.2, 0.25) is 0 Å². The number of rotatable bonds is 4. The van der Waals surface area contributed by atoms with E-state index < -0.39 is 27.4 Å². The van der Waals surface area contributed by atoms with Gasteiger partial charge in [-0.25, -0.2) is 13.2 Å². The summed E-state index contributed by atoms with van der Waals surface area (Å²) in [5, 5.41) is 32.1. The fraction of sp³-hybridized carbons (Fsp3) is 0. The van der Waals surface area contributed by atoms with Gasteiger partial charge in [0.15, 0.2) is 0 Å². The van der Waals surface area contributed by atoms with Crippen molar-refractivity contribution >= 4 is 86.7 Å². The molecule has 150 valence electrons. The Morgan fingerprint density at radius 3 is 2.26 bits per heavy atom. The number of nitrogens with zero attached hydrogens (tertiary/aromatic N) is 2. The van der Waals surface area contributed by atoms with Crippen molar-refractivity contribution in [2.24, 2.45) is 10.2 Å². The van der Waals surface area contributed by atoms with Crippen LogP contribution in [0.25, 0.3) is 21.5 Å². The third-order valence-electron chi connectivity index (χ3n) is 4.56. The van der Waals surface area contributed by atoms with Gasteiger partial charge < -0.3 is 14.8 Å². The topological polar surface area (TPSA) is 142 Å². The van der Waals surface area contributed by atoms with Crippen molar-refractivity contribution < 1.29 is 28.0 Å². The molecule has 0 aliphatic heterocycles. The summed E-state index contributed by atoms with van der Waals surface area (Å²) in [5.74, 6) is -2.09. The molecule has 4 aromatic rings. The maximum Gasteiger partial charge on any atom is 2.00 e. The first-order chi connectivity index (χ1) is 14.2. The van der Waals surface area contributed by atoms with E-state index in [9.17, 15) is 28.0 Å². The normalized spacial score (nSPS) is 11.6. The summed E-state index contributed by atoms with van der Waals surface area (Å²) in [4.78, 5) is 11.1. The Bertz CT molecular complexity index is 1470. The zero-order valence-electron chi connectivity index (χ0n) is 15.8. The van der Waals surface area contributed by atoms with Crippen molar-refractivity contribution in [3.05, 3.63) is 72.3 Å². The molecule has 8 nitrogen and oxygen atoms in total. The fourth-order valence-electron chi connectivity index (χ4n) is 3.10. The number of hydrogen-bond acceptors (Lipinski definition) is 7. The molecule has 0 aliphatic carbocycles. The van der Waals surface area contributed by atoms with Gasteiger partial charge in [0.1, 0.15) is 10.1 Å². The van der Waals surface area contributed by atoms with Crippen molar-refractivity contribution in [3.8, 4) is 5.75 Å². The average molecular weight is 460 g/mol. The number of carboxylic acid groups (broad SMARTS) is 1. The van der Waals surface area contributed by atoms with E-state index in [1.807, 2.05) is 0 Å². The maximum absolute atomic E-state index is 12.6. The molecule has 0 unspecified atom stereocenters. The van der Waals surface area contributed by atoms with Gasteiger partial charge in [0, 0.05) is 5.39 Å². The van der Waals surface area contributed by atoms with E-state index in [1.54, 1.807) is 42.5 Å². The number of fused-ring (bicyclic) bond motifs is 2. The second-order valence-electron chi connectivity index (χ2n) is 6.48. The molecule has 31 heavy (non-hydrogen) atoms. The predicted molar refractivity (Wildman–Crippen MR) is 112 cm³/mol. The molecular formula is C21H12CaN2O6S. The number of azo groups is 1. The molecule has 4 rings (SSSR count). The molecule has 0 aromatic heterocycles. The third kappa shape index (κ3) is 4.70. The molecule has 0 saturated carbocycles. The van der Waals surface area contributed by atoms with Crippen molar-refractivity contribution in [1.82, 2.24) is 0 Å². The van der Waals surface area contributed by atoms with E-state index in [-0.39, 0.29) is 48.3 Å². The van der Waals surface area contributed by atoms with Crippen LogP contribution in [0.5, 0.6) is 5.75 Å². The van der Waals surface area contributed by atoms with Gasteiger partial charge in [-0.3, -0.25) is 0 Å². The standard InChI is InChI=1S/C21H14N2O6S.Ca/c24-20-18(21(25)26)11-14-3-1-2-4-17(14)19(20)23-22-15-7-5-13-10-16(30(27,28)29)8-6-12(13)9-15;/h1-11,24H,(H,25,26)(H,27,28,29);/q;+2/p-2. The van der Waals surface area contributed by atoms with Gasteiger partial charge in [-0.05, 0) is 46.5 Å². The first-order valence-corrected chi connectivity index (χ1v) is 10.0. The molecule has 0 bridgehead atoms. The molecule has 0 aliphatic rings. The number of carboxylic acids is 1. The van der Waals surface area contributed by atoms with Crippen LogP contribution >= 0.6 is 0 Å². The zero-order chi connectivity index (χ0) is 21.5. The Balaban J connectivity index is 0.00000272. The van der Waals surface area contributed by atoms with E-state index in [1.165, 1.54) is 24.3 Å². The Labute approximate surface area is 206 Å². The Kier molecular flexibility index (Phi) is 6.63. The molecule has 0 saturated heterocycles. The van der Waals surface area contributed by atoms with E-state index in [0.29, 0.717) is 27.2 Å². The summed E-state index contributed by atoms with van der Waals surface area (Å²) >= 11 is 0. The van der Waals surface area contributed by atoms with E-state index in [4.69, 9.17) is 0 Å². The first-order valence-electron chi connectivity index (χ1n) is 8.61. The van der Waals surface area contributed by atoms with Gasteiger partial charge in [0.05, 0.1) is 21.8 Å². The number of hydrogen-bond donors (Lipinski definition) is 1. The second-order valence-corrected chi connectivity index (χ2v) is 7.86. The van der Waals surface area contributed by atoms with Crippen molar-refractivity contribution in [2.75, 3.05) is 0 Å². The van der Waals surface area contributed by atoms with Crippen LogP contribution in [0.3, 0.4) is 0 Å². The summed E-state index contributed by atoms with van der Waals surface area (Å²) < 4.78 is 33.5. The van der Waals surface area contributed by atoms with Crippen LogP contribution in [0, 0.1) is 0 Å². The van der Waals surface area contributed by atoms with Crippen LogP contribution in [0.15, 0.2) is 81.9 Å².